The van der Waals surface area contributed by atoms with Crippen molar-refractivity contribution in [3.63, 3.8) is 0 Å². The van der Waals surface area contributed by atoms with E-state index in [2.05, 4.69) is 36.1 Å². The molecule has 0 unspecified atom stereocenters. The minimum absolute atomic E-state index is 0.280. The van der Waals surface area contributed by atoms with Gasteiger partial charge in [0.1, 0.15) is 6.07 Å². The highest BCUT2D eigenvalue weighted by Crippen LogP contribution is 2.18. The quantitative estimate of drug-likeness (QED) is 0.819. The second-order valence-corrected chi connectivity index (χ2v) is 4.60. The molecule has 1 N–H and O–H groups in total. The second kappa shape index (κ2) is 4.74. The molecule has 1 heterocycles. The number of rotatable bonds is 3. The highest BCUT2D eigenvalue weighted by molar-refractivity contribution is 5.46. The van der Waals surface area contributed by atoms with E-state index in [0.29, 0.717) is 11.5 Å². The molecule has 1 aromatic rings. The summed E-state index contributed by atoms with van der Waals surface area (Å²) in [4.78, 5) is 8.00. The van der Waals surface area contributed by atoms with Gasteiger partial charge in [0.2, 0.25) is 0 Å². The Labute approximate surface area is 90.4 Å². The van der Waals surface area contributed by atoms with Crippen molar-refractivity contribution in [2.45, 2.75) is 27.2 Å². The lowest BCUT2D eigenvalue weighted by molar-refractivity contribution is 0.389. The van der Waals surface area contributed by atoms with Crippen molar-refractivity contribution in [1.29, 1.82) is 5.26 Å². The Balaban J connectivity index is 2.55. The summed E-state index contributed by atoms with van der Waals surface area (Å²) >= 11 is 0. The van der Waals surface area contributed by atoms with Gasteiger partial charge in [0, 0.05) is 18.9 Å². The Bertz CT molecular complexity index is 360. The Morgan fingerprint density at radius 2 is 2.00 bits per heavy atom. The zero-order valence-electron chi connectivity index (χ0n) is 9.41. The molecule has 0 atom stereocenters. The van der Waals surface area contributed by atoms with Crippen molar-refractivity contribution < 1.29 is 0 Å². The standard InChI is InChI=1S/C11H16N4/c1-11(2,3)4-5-14-10-9(8-12)13-6-7-15-10/h6-7H,4-5H2,1-3H3,(H,14,15). The Kier molecular flexibility index (Phi) is 3.62. The Morgan fingerprint density at radius 1 is 1.33 bits per heavy atom. The maximum Gasteiger partial charge on any atom is 0.182 e. The van der Waals surface area contributed by atoms with Crippen LogP contribution in [0.5, 0.6) is 0 Å². The average molecular weight is 204 g/mol. The molecule has 0 aliphatic heterocycles. The fourth-order valence-electron chi connectivity index (χ4n) is 1.11. The number of nitrogens with one attached hydrogen (secondary N) is 1. The van der Waals surface area contributed by atoms with Gasteiger partial charge in [0.25, 0.3) is 0 Å². The Morgan fingerprint density at radius 3 is 2.60 bits per heavy atom. The van der Waals surface area contributed by atoms with Gasteiger partial charge in [-0.3, -0.25) is 0 Å². The highest BCUT2D eigenvalue weighted by atomic mass is 15.0. The lowest BCUT2D eigenvalue weighted by atomic mass is 9.92. The summed E-state index contributed by atoms with van der Waals surface area (Å²) in [7, 11) is 0. The van der Waals surface area contributed by atoms with Gasteiger partial charge in [-0.1, -0.05) is 20.8 Å². The number of anilines is 1. The van der Waals surface area contributed by atoms with Crippen LogP contribution >= 0.6 is 0 Å². The molecule has 1 aromatic heterocycles. The van der Waals surface area contributed by atoms with Crippen molar-refractivity contribution in [3.8, 4) is 6.07 Å². The van der Waals surface area contributed by atoms with Crippen LogP contribution in [-0.4, -0.2) is 16.5 Å². The first-order chi connectivity index (χ1) is 7.03. The van der Waals surface area contributed by atoms with Crippen molar-refractivity contribution in [3.05, 3.63) is 18.1 Å². The van der Waals surface area contributed by atoms with Crippen LogP contribution in [0.3, 0.4) is 0 Å². The molecular weight excluding hydrogens is 188 g/mol. The van der Waals surface area contributed by atoms with Gasteiger partial charge in [0.05, 0.1) is 0 Å². The smallest absolute Gasteiger partial charge is 0.182 e. The number of aromatic nitrogens is 2. The van der Waals surface area contributed by atoms with E-state index in [9.17, 15) is 0 Å². The van der Waals surface area contributed by atoms with Crippen LogP contribution in [0.15, 0.2) is 12.4 Å². The van der Waals surface area contributed by atoms with Crippen molar-refractivity contribution >= 4 is 5.82 Å². The third kappa shape index (κ3) is 3.94. The maximum absolute atomic E-state index is 8.79. The molecule has 0 spiro atoms. The lowest BCUT2D eigenvalue weighted by Gasteiger charge is -2.18. The van der Waals surface area contributed by atoms with Gasteiger partial charge in [-0.15, -0.1) is 0 Å². The zero-order chi connectivity index (χ0) is 11.3. The second-order valence-electron chi connectivity index (χ2n) is 4.60. The van der Waals surface area contributed by atoms with Crippen molar-refractivity contribution in [2.75, 3.05) is 11.9 Å². The molecule has 80 valence electrons. The predicted molar refractivity (Wildman–Crippen MR) is 59.3 cm³/mol. The van der Waals surface area contributed by atoms with Gasteiger partial charge in [0.15, 0.2) is 11.5 Å². The molecule has 0 amide bonds. The number of hydrogen-bond acceptors (Lipinski definition) is 4. The number of hydrogen-bond donors (Lipinski definition) is 1. The van der Waals surface area contributed by atoms with Crippen LogP contribution < -0.4 is 5.32 Å². The number of nitriles is 1. The summed E-state index contributed by atoms with van der Waals surface area (Å²) in [5.74, 6) is 0.573. The van der Waals surface area contributed by atoms with Crippen molar-refractivity contribution in [1.82, 2.24) is 9.97 Å². The molecule has 0 saturated carbocycles. The summed E-state index contributed by atoms with van der Waals surface area (Å²) in [6.07, 6.45) is 4.13. The van der Waals surface area contributed by atoms with E-state index >= 15 is 0 Å². The lowest BCUT2D eigenvalue weighted by Crippen LogP contribution is -2.14. The fraction of sp³-hybridized carbons (Fsp3) is 0.545. The zero-order valence-corrected chi connectivity index (χ0v) is 9.41. The monoisotopic (exact) mass is 204 g/mol. The minimum Gasteiger partial charge on any atom is -0.368 e. The molecule has 0 bridgehead atoms. The van der Waals surface area contributed by atoms with Gasteiger partial charge < -0.3 is 5.32 Å². The SMILES string of the molecule is CC(C)(C)CCNc1nccnc1C#N. The molecule has 0 aliphatic rings. The summed E-state index contributed by atoms with van der Waals surface area (Å²) in [5, 5.41) is 11.9. The van der Waals surface area contributed by atoms with Crippen LogP contribution in [0, 0.1) is 16.7 Å². The van der Waals surface area contributed by atoms with E-state index < -0.39 is 0 Å². The van der Waals surface area contributed by atoms with E-state index in [0.717, 1.165) is 13.0 Å². The van der Waals surface area contributed by atoms with Gasteiger partial charge in [-0.05, 0) is 11.8 Å². The molecule has 15 heavy (non-hydrogen) atoms. The fourth-order valence-corrected chi connectivity index (χ4v) is 1.11. The topological polar surface area (TPSA) is 61.6 Å². The molecule has 0 fully saturated rings. The predicted octanol–water partition coefficient (Wildman–Crippen LogP) is 2.20. The maximum atomic E-state index is 8.79. The summed E-state index contributed by atoms with van der Waals surface area (Å²) < 4.78 is 0. The van der Waals surface area contributed by atoms with E-state index in [1.165, 1.54) is 6.20 Å². The van der Waals surface area contributed by atoms with Gasteiger partial charge in [-0.2, -0.15) is 5.26 Å². The average Bonchev–Trinajstić information content (AvgIpc) is 2.16. The summed E-state index contributed by atoms with van der Waals surface area (Å²) in [5.41, 5.74) is 0.633. The van der Waals surface area contributed by atoms with Crippen LogP contribution in [0.25, 0.3) is 0 Å². The van der Waals surface area contributed by atoms with Crippen LogP contribution in [-0.2, 0) is 0 Å². The summed E-state index contributed by atoms with van der Waals surface area (Å²) in [6.45, 7) is 7.33. The molecule has 0 aliphatic carbocycles. The first-order valence-electron chi connectivity index (χ1n) is 4.98. The minimum atomic E-state index is 0.280. The van der Waals surface area contributed by atoms with Crippen LogP contribution in [0.2, 0.25) is 0 Å². The van der Waals surface area contributed by atoms with Crippen LogP contribution in [0.1, 0.15) is 32.9 Å². The highest BCUT2D eigenvalue weighted by Gasteiger charge is 2.10. The van der Waals surface area contributed by atoms with Gasteiger partial charge >= 0.3 is 0 Å². The summed E-state index contributed by atoms with van der Waals surface area (Å²) in [6, 6.07) is 2.01. The van der Waals surface area contributed by atoms with Crippen molar-refractivity contribution in [2.24, 2.45) is 5.41 Å². The molecule has 4 heteroatoms. The third-order valence-electron chi connectivity index (χ3n) is 1.97. The van der Waals surface area contributed by atoms with Gasteiger partial charge in [-0.25, -0.2) is 9.97 Å². The molecule has 0 aromatic carbocycles. The first kappa shape index (κ1) is 11.4. The molecule has 0 radical (unpaired) electrons. The normalized spacial score (nSPS) is 10.8. The largest absolute Gasteiger partial charge is 0.368 e. The first-order valence-corrected chi connectivity index (χ1v) is 4.98. The molecule has 0 saturated heterocycles. The van der Waals surface area contributed by atoms with E-state index in [1.807, 2.05) is 6.07 Å². The van der Waals surface area contributed by atoms with E-state index in [-0.39, 0.29) is 5.41 Å². The Hall–Kier alpha value is -1.63. The number of nitrogens with zero attached hydrogens (tertiary/aromatic N) is 3. The van der Waals surface area contributed by atoms with Crippen LogP contribution in [0.4, 0.5) is 5.82 Å². The molecule has 1 rings (SSSR count). The van der Waals surface area contributed by atoms with E-state index in [4.69, 9.17) is 5.26 Å². The molecular formula is C11H16N4. The third-order valence-corrected chi connectivity index (χ3v) is 1.97. The molecule has 4 nitrogen and oxygen atoms in total. The van der Waals surface area contributed by atoms with E-state index in [1.54, 1.807) is 6.20 Å².